The van der Waals surface area contributed by atoms with Gasteiger partial charge in [-0.2, -0.15) is 5.10 Å². The van der Waals surface area contributed by atoms with Gasteiger partial charge in [-0.1, -0.05) is 35.2 Å². The lowest BCUT2D eigenvalue weighted by molar-refractivity contribution is -0.677. The van der Waals surface area contributed by atoms with Crippen molar-refractivity contribution in [3.8, 4) is 0 Å². The Morgan fingerprint density at radius 1 is 1.18 bits per heavy atom. The van der Waals surface area contributed by atoms with Gasteiger partial charge in [0, 0.05) is 12.6 Å². The summed E-state index contributed by atoms with van der Waals surface area (Å²) < 4.78 is 0. The third kappa shape index (κ3) is 2.92. The van der Waals surface area contributed by atoms with Crippen LogP contribution in [-0.2, 0) is 13.1 Å². The second kappa shape index (κ2) is 5.27. The summed E-state index contributed by atoms with van der Waals surface area (Å²) in [6, 6.07) is 11.1. The maximum atomic E-state index is 11.4. The molecule has 0 spiro atoms. The van der Waals surface area contributed by atoms with E-state index >= 15 is 0 Å². The van der Waals surface area contributed by atoms with Crippen LogP contribution in [0, 0.1) is 5.21 Å². The van der Waals surface area contributed by atoms with Crippen molar-refractivity contribution in [3.63, 3.8) is 0 Å². The second-order valence-corrected chi connectivity index (χ2v) is 3.66. The Labute approximate surface area is 98.3 Å². The first kappa shape index (κ1) is 11.3. The van der Waals surface area contributed by atoms with E-state index in [1.807, 2.05) is 30.3 Å². The lowest BCUT2D eigenvalue weighted by Gasteiger charge is -2.04. The van der Waals surface area contributed by atoms with Crippen molar-refractivity contribution in [2.75, 3.05) is 0 Å². The van der Waals surface area contributed by atoms with Gasteiger partial charge >= 0.3 is 0 Å². The number of nitrogens with zero attached hydrogens (tertiary/aromatic N) is 1. The standard InChI is InChI=1S/C12H13N3O2/c16-12-6-7-14-15(17)11(12)9-13-8-10-4-2-1-3-5-10/h1-7,13-14H,8-9H2. The molecule has 5 heteroatoms. The molecule has 0 unspecified atom stereocenters. The Morgan fingerprint density at radius 2 is 1.94 bits per heavy atom. The third-order valence-corrected chi connectivity index (χ3v) is 2.42. The zero-order valence-electron chi connectivity index (χ0n) is 9.22. The number of H-pyrrole nitrogens is 1. The van der Waals surface area contributed by atoms with E-state index in [-0.39, 0.29) is 17.7 Å². The molecule has 0 aliphatic rings. The Balaban J connectivity index is 1.97. The van der Waals surface area contributed by atoms with Gasteiger partial charge in [0.1, 0.15) is 0 Å². The Hall–Kier alpha value is -2.14. The highest BCUT2D eigenvalue weighted by Crippen LogP contribution is 1.97. The first-order valence-electron chi connectivity index (χ1n) is 5.32. The fraction of sp³-hybridized carbons (Fsp3) is 0.167. The van der Waals surface area contributed by atoms with Gasteiger partial charge in [-0.3, -0.25) is 4.79 Å². The quantitative estimate of drug-likeness (QED) is 0.587. The molecule has 0 saturated heterocycles. The van der Waals surface area contributed by atoms with E-state index < -0.39 is 0 Å². The zero-order chi connectivity index (χ0) is 12.1. The molecule has 5 nitrogen and oxygen atoms in total. The van der Waals surface area contributed by atoms with E-state index in [1.165, 1.54) is 12.3 Å². The molecule has 1 heterocycles. The van der Waals surface area contributed by atoms with Gasteiger partial charge in [0.25, 0.3) is 11.1 Å². The lowest BCUT2D eigenvalue weighted by atomic mass is 10.2. The number of nitrogens with one attached hydrogen (secondary N) is 2. The molecule has 0 atom stereocenters. The summed E-state index contributed by atoms with van der Waals surface area (Å²) in [5.74, 6) is 0. The molecule has 1 aromatic heterocycles. The average molecular weight is 231 g/mol. The highest BCUT2D eigenvalue weighted by atomic mass is 16.5. The molecule has 2 N–H and O–H groups in total. The molecule has 2 aromatic rings. The summed E-state index contributed by atoms with van der Waals surface area (Å²) in [4.78, 5) is 11.9. The summed E-state index contributed by atoms with van der Waals surface area (Å²) in [6.45, 7) is 0.865. The minimum atomic E-state index is -0.265. The highest BCUT2D eigenvalue weighted by molar-refractivity contribution is 5.14. The Morgan fingerprint density at radius 3 is 2.65 bits per heavy atom. The van der Waals surface area contributed by atoms with Crippen LogP contribution in [0.15, 0.2) is 47.4 Å². The predicted octanol–water partition coefficient (Wildman–Crippen LogP) is 0.298. The molecule has 0 bridgehead atoms. The van der Waals surface area contributed by atoms with Crippen LogP contribution in [0.4, 0.5) is 0 Å². The Kier molecular flexibility index (Phi) is 3.52. The van der Waals surface area contributed by atoms with Crippen molar-refractivity contribution in [2.24, 2.45) is 0 Å². The summed E-state index contributed by atoms with van der Waals surface area (Å²) in [5, 5.41) is 16.8. The van der Waals surface area contributed by atoms with Gasteiger partial charge in [-0.15, -0.1) is 0 Å². The number of rotatable bonds is 4. The van der Waals surface area contributed by atoms with Crippen LogP contribution in [-0.4, -0.2) is 5.10 Å². The number of aromatic amines is 1. The molecule has 88 valence electrons. The van der Waals surface area contributed by atoms with Gasteiger partial charge in [0.2, 0.25) is 0 Å². The fourth-order valence-corrected chi connectivity index (χ4v) is 1.53. The molecule has 0 radical (unpaired) electrons. The molecular weight excluding hydrogens is 218 g/mol. The van der Waals surface area contributed by atoms with E-state index in [4.69, 9.17) is 0 Å². The van der Waals surface area contributed by atoms with Gasteiger partial charge in [-0.05, 0) is 5.56 Å². The third-order valence-electron chi connectivity index (χ3n) is 2.42. The summed E-state index contributed by atoms with van der Waals surface area (Å²) in [5.41, 5.74) is 1.01. The first-order valence-corrected chi connectivity index (χ1v) is 5.32. The van der Waals surface area contributed by atoms with E-state index in [0.717, 1.165) is 5.56 Å². The van der Waals surface area contributed by atoms with Crippen LogP contribution in [0.3, 0.4) is 0 Å². The van der Waals surface area contributed by atoms with Crippen molar-refractivity contribution in [2.45, 2.75) is 13.1 Å². The number of aromatic nitrogens is 2. The van der Waals surface area contributed by atoms with Crippen LogP contribution in [0.1, 0.15) is 11.3 Å². The first-order chi connectivity index (χ1) is 8.27. The van der Waals surface area contributed by atoms with Gasteiger partial charge in [0.05, 0.1) is 12.7 Å². The Bertz CT molecular complexity index is 537. The topological polar surface area (TPSA) is 71.8 Å². The number of hydrogen-bond acceptors (Lipinski definition) is 3. The summed E-state index contributed by atoms with van der Waals surface area (Å²) in [6.07, 6.45) is 1.33. The number of benzene rings is 1. The average Bonchev–Trinajstić information content (AvgIpc) is 2.34. The van der Waals surface area contributed by atoms with E-state index in [9.17, 15) is 10.0 Å². The van der Waals surface area contributed by atoms with Crippen molar-refractivity contribution in [3.05, 3.63) is 69.3 Å². The maximum Gasteiger partial charge on any atom is 0.279 e. The van der Waals surface area contributed by atoms with Crippen molar-refractivity contribution < 1.29 is 4.85 Å². The molecule has 2 rings (SSSR count). The van der Waals surface area contributed by atoms with Gasteiger partial charge in [0.15, 0.2) is 0 Å². The van der Waals surface area contributed by atoms with E-state index in [2.05, 4.69) is 10.4 Å². The van der Waals surface area contributed by atoms with Crippen LogP contribution < -0.4 is 15.6 Å². The smallest absolute Gasteiger partial charge is 0.279 e. The van der Waals surface area contributed by atoms with Gasteiger partial charge in [-0.25, -0.2) is 0 Å². The molecule has 0 aliphatic carbocycles. The maximum absolute atomic E-state index is 11.4. The van der Waals surface area contributed by atoms with Crippen molar-refractivity contribution >= 4 is 0 Å². The number of hydrogen-bond donors (Lipinski definition) is 2. The molecule has 0 aliphatic heterocycles. The highest BCUT2D eigenvalue weighted by Gasteiger charge is 2.09. The molecule has 17 heavy (non-hydrogen) atoms. The normalized spacial score (nSPS) is 10.4. The monoisotopic (exact) mass is 231 g/mol. The SMILES string of the molecule is O=c1cc[nH][n+]([O-])c1CNCc1ccccc1. The van der Waals surface area contributed by atoms with E-state index in [0.29, 0.717) is 11.4 Å². The zero-order valence-corrected chi connectivity index (χ0v) is 9.22. The van der Waals surface area contributed by atoms with Gasteiger partial charge < -0.3 is 10.5 Å². The minimum Gasteiger partial charge on any atom is -0.596 e. The summed E-state index contributed by atoms with van der Waals surface area (Å²) in [7, 11) is 0. The molecule has 1 aromatic carbocycles. The van der Waals surface area contributed by atoms with E-state index in [1.54, 1.807) is 0 Å². The molecule has 0 amide bonds. The largest absolute Gasteiger partial charge is 0.596 e. The van der Waals surface area contributed by atoms with Crippen LogP contribution >= 0.6 is 0 Å². The summed E-state index contributed by atoms with van der Waals surface area (Å²) >= 11 is 0. The predicted molar refractivity (Wildman–Crippen MR) is 63.0 cm³/mol. The second-order valence-electron chi connectivity index (χ2n) is 3.66. The van der Waals surface area contributed by atoms with Crippen molar-refractivity contribution in [1.82, 2.24) is 10.4 Å². The minimum absolute atomic E-state index is 0.170. The molecule has 0 saturated carbocycles. The molecule has 0 fully saturated rings. The lowest BCUT2D eigenvalue weighted by Crippen LogP contribution is -2.43. The molecular formula is C12H13N3O2. The van der Waals surface area contributed by atoms with Crippen LogP contribution in [0.5, 0.6) is 0 Å². The van der Waals surface area contributed by atoms with Crippen LogP contribution in [0.25, 0.3) is 0 Å². The van der Waals surface area contributed by atoms with Crippen LogP contribution in [0.2, 0.25) is 0 Å². The fourth-order valence-electron chi connectivity index (χ4n) is 1.53. The van der Waals surface area contributed by atoms with Crippen molar-refractivity contribution in [1.29, 1.82) is 0 Å².